The number of hydrogen-bond acceptors (Lipinski definition) is 4. The Kier molecular flexibility index (Phi) is 3.48. The van der Waals surface area contributed by atoms with Gasteiger partial charge in [-0.1, -0.05) is 121 Å². The molecule has 0 radical (unpaired) electrons. The summed E-state index contributed by atoms with van der Waals surface area (Å²) in [6.07, 6.45) is 0. The summed E-state index contributed by atoms with van der Waals surface area (Å²) in [6.45, 7) is 0. The molecule has 238 valence electrons. The van der Waals surface area contributed by atoms with E-state index in [1.807, 2.05) is 48.5 Å². The predicted octanol–water partition coefficient (Wildman–Crippen LogP) is 11.3. The Hall–Kier alpha value is -7.05. The van der Waals surface area contributed by atoms with Gasteiger partial charge in [0.15, 0.2) is 5.82 Å². The van der Waals surface area contributed by atoms with Crippen molar-refractivity contribution in [2.24, 2.45) is 0 Å². The van der Waals surface area contributed by atoms with Gasteiger partial charge in [0.2, 0.25) is 11.9 Å². The molecule has 4 aromatic heterocycles. The monoisotopic (exact) mass is 669 g/mol. The highest BCUT2D eigenvalue weighted by Gasteiger charge is 2.21. The zero-order chi connectivity index (χ0) is 47.4. The second-order valence-electron chi connectivity index (χ2n) is 11.7. The molecule has 11 rings (SSSR count). The number of furan rings is 1. The fraction of sp³-hybridized carbons (Fsp3) is 0. The van der Waals surface area contributed by atoms with E-state index in [9.17, 15) is 0 Å². The number of rotatable bonds is 4. The maximum Gasteiger partial charge on any atom is 0.240 e. The molecule has 0 fully saturated rings. The molecule has 0 aliphatic carbocycles. The fourth-order valence-corrected chi connectivity index (χ4v) is 6.71. The smallest absolute Gasteiger partial charge is 0.240 e. The zero-order valence-electron chi connectivity index (χ0n) is 42.0. The SMILES string of the molecule is [2H]c1c([2H])c([2H])c2c(c1[2H])c1c([2H])c([2H])c([2H])c([2H])c1n2-c1nc(-c2ccc3oc4c(-c5ccccc5)cccc4c3c2)nc(-n2c3c([2H])c([2H])c([2H])c([2H])c3c3c([2H])c([2H])c([2H])c([2H])c32)n1. The lowest BCUT2D eigenvalue weighted by Crippen LogP contribution is -2.10. The fourth-order valence-electron chi connectivity index (χ4n) is 6.71. The van der Waals surface area contributed by atoms with Gasteiger partial charge in [0.05, 0.1) is 44.0 Å². The van der Waals surface area contributed by atoms with Crippen LogP contribution in [-0.4, -0.2) is 24.1 Å². The van der Waals surface area contributed by atoms with Crippen molar-refractivity contribution >= 4 is 65.6 Å². The lowest BCUT2D eigenvalue weighted by Gasteiger charge is -2.12. The van der Waals surface area contributed by atoms with E-state index in [4.69, 9.17) is 41.3 Å². The number of para-hydroxylation sites is 5. The summed E-state index contributed by atoms with van der Waals surface area (Å²) < 4.78 is 150. The summed E-state index contributed by atoms with van der Waals surface area (Å²) in [5, 5.41) is 0.272. The highest BCUT2D eigenvalue weighted by atomic mass is 16.3. The van der Waals surface area contributed by atoms with Gasteiger partial charge in [-0.25, -0.2) is 0 Å². The van der Waals surface area contributed by atoms with Crippen LogP contribution in [0.15, 0.2) is 168 Å². The van der Waals surface area contributed by atoms with Gasteiger partial charge in [0, 0.05) is 43.4 Å². The summed E-state index contributed by atoms with van der Waals surface area (Å²) in [7, 11) is 0. The van der Waals surface area contributed by atoms with Crippen LogP contribution < -0.4 is 0 Å². The minimum atomic E-state index is -0.701. The molecule has 0 atom stereocenters. The van der Waals surface area contributed by atoms with Gasteiger partial charge >= 0.3 is 0 Å². The highest BCUT2D eigenvalue weighted by Crippen LogP contribution is 2.38. The van der Waals surface area contributed by atoms with E-state index < -0.39 is 109 Å². The van der Waals surface area contributed by atoms with Gasteiger partial charge in [-0.15, -0.1) is 0 Å². The van der Waals surface area contributed by atoms with E-state index in [0.717, 1.165) is 25.6 Å². The van der Waals surface area contributed by atoms with E-state index in [1.54, 1.807) is 18.2 Å². The number of benzene rings is 7. The Bertz CT molecular complexity index is 3740. The quantitative estimate of drug-likeness (QED) is 0.187. The van der Waals surface area contributed by atoms with Crippen molar-refractivity contribution < 1.29 is 26.3 Å². The van der Waals surface area contributed by atoms with E-state index in [-0.39, 0.29) is 49.4 Å². The summed E-state index contributed by atoms with van der Waals surface area (Å²) in [5.41, 5.74) is 1.78. The standard InChI is InChI=1S/C45H27N5O/c1-2-13-28(14-3-1)30-19-12-20-35-36-27-29(25-26-41(36)51-42(30)35)43-46-44(49-37-21-8-4-15-31(37)32-16-5-9-22-38(32)49)48-45(47-43)50-39-23-10-6-17-33(39)34-18-7-11-24-40(34)50/h1-27H/i4D,5D,6D,7D,8D,9D,10D,11D,15D,16D,17D,18D,21D,22D,23D,24D. The number of aromatic nitrogens is 5. The molecule has 0 N–H and O–H groups in total. The van der Waals surface area contributed by atoms with Crippen molar-refractivity contribution in [3.63, 3.8) is 0 Å². The Morgan fingerprint density at radius 1 is 0.451 bits per heavy atom. The van der Waals surface area contributed by atoms with E-state index >= 15 is 0 Å². The highest BCUT2D eigenvalue weighted by molar-refractivity contribution is 6.12. The maximum atomic E-state index is 9.16. The first-order valence-electron chi connectivity index (χ1n) is 23.7. The third-order valence-corrected chi connectivity index (χ3v) is 8.92. The first-order chi connectivity index (χ1) is 31.9. The van der Waals surface area contributed by atoms with Crippen LogP contribution in [0.1, 0.15) is 21.9 Å². The number of fused-ring (bicyclic) bond motifs is 9. The normalized spacial score (nSPS) is 16.3. The second-order valence-corrected chi connectivity index (χ2v) is 11.7. The molecule has 0 bridgehead atoms. The van der Waals surface area contributed by atoms with Gasteiger partial charge < -0.3 is 4.42 Å². The van der Waals surface area contributed by atoms with Crippen LogP contribution in [0.2, 0.25) is 0 Å². The number of hydrogen-bond donors (Lipinski definition) is 0. The molecule has 0 saturated carbocycles. The first kappa shape index (κ1) is 16.6. The average Bonchev–Trinajstić information content (AvgIpc) is 4.03. The average molecular weight is 670 g/mol. The van der Waals surface area contributed by atoms with Gasteiger partial charge in [0.1, 0.15) is 11.2 Å². The topological polar surface area (TPSA) is 61.7 Å². The molecule has 0 aliphatic heterocycles. The van der Waals surface area contributed by atoms with Crippen LogP contribution >= 0.6 is 0 Å². The molecular formula is C45H27N5O. The van der Waals surface area contributed by atoms with Crippen molar-refractivity contribution in [2.75, 3.05) is 0 Å². The van der Waals surface area contributed by atoms with Crippen LogP contribution in [0, 0.1) is 0 Å². The minimum absolute atomic E-state index is 0.163. The van der Waals surface area contributed by atoms with Crippen molar-refractivity contribution in [3.8, 4) is 34.4 Å². The van der Waals surface area contributed by atoms with Crippen LogP contribution in [-0.2, 0) is 0 Å². The van der Waals surface area contributed by atoms with Gasteiger partial charge in [-0.05, 0) is 47.9 Å². The van der Waals surface area contributed by atoms with E-state index in [0.29, 0.717) is 22.1 Å². The van der Waals surface area contributed by atoms with Crippen LogP contribution in [0.4, 0.5) is 0 Å². The molecule has 6 heteroatoms. The molecule has 0 unspecified atom stereocenters. The van der Waals surface area contributed by atoms with Crippen molar-refractivity contribution in [3.05, 3.63) is 163 Å². The molecular weight excluding hydrogens is 627 g/mol. The first-order valence-corrected chi connectivity index (χ1v) is 15.7. The molecule has 4 heterocycles. The largest absolute Gasteiger partial charge is 0.455 e. The zero-order valence-corrected chi connectivity index (χ0v) is 26.0. The van der Waals surface area contributed by atoms with Crippen LogP contribution in [0.3, 0.4) is 0 Å². The summed E-state index contributed by atoms with van der Waals surface area (Å²) in [5.74, 6) is -1.12. The third-order valence-electron chi connectivity index (χ3n) is 8.92. The van der Waals surface area contributed by atoms with Gasteiger partial charge in [-0.2, -0.15) is 15.0 Å². The Morgan fingerprint density at radius 3 is 1.53 bits per heavy atom. The molecule has 6 nitrogen and oxygen atoms in total. The Labute approximate surface area is 314 Å². The molecule has 11 aromatic rings. The van der Waals surface area contributed by atoms with Crippen molar-refractivity contribution in [1.82, 2.24) is 24.1 Å². The third kappa shape index (κ3) is 4.14. The van der Waals surface area contributed by atoms with Crippen LogP contribution in [0.25, 0.3) is 100.0 Å². The minimum Gasteiger partial charge on any atom is -0.455 e. The maximum absolute atomic E-state index is 9.16. The molecule has 0 saturated heterocycles. The lowest BCUT2D eigenvalue weighted by molar-refractivity contribution is 0.670. The summed E-state index contributed by atoms with van der Waals surface area (Å²) in [4.78, 5) is 14.4. The lowest BCUT2D eigenvalue weighted by atomic mass is 10.0. The van der Waals surface area contributed by atoms with Gasteiger partial charge in [0.25, 0.3) is 0 Å². The van der Waals surface area contributed by atoms with Crippen molar-refractivity contribution in [2.45, 2.75) is 0 Å². The van der Waals surface area contributed by atoms with E-state index in [2.05, 4.69) is 0 Å². The molecule has 0 amide bonds. The second kappa shape index (κ2) is 10.7. The van der Waals surface area contributed by atoms with E-state index in [1.165, 1.54) is 0 Å². The van der Waals surface area contributed by atoms with Crippen LogP contribution in [0.5, 0.6) is 0 Å². The van der Waals surface area contributed by atoms with Gasteiger partial charge in [-0.3, -0.25) is 9.13 Å². The Morgan fingerprint density at radius 2 is 0.980 bits per heavy atom. The molecule has 0 aliphatic rings. The molecule has 0 spiro atoms. The van der Waals surface area contributed by atoms with Crippen molar-refractivity contribution in [1.29, 1.82) is 0 Å². The predicted molar refractivity (Wildman–Crippen MR) is 207 cm³/mol. The number of nitrogens with zero attached hydrogens (tertiary/aromatic N) is 5. The summed E-state index contributed by atoms with van der Waals surface area (Å²) in [6, 6.07) is 9.81. The summed E-state index contributed by atoms with van der Waals surface area (Å²) >= 11 is 0. The molecule has 7 aromatic carbocycles. The Balaban J connectivity index is 1.33. The molecule has 51 heavy (non-hydrogen) atoms.